The van der Waals surface area contributed by atoms with Crippen LogP contribution in [-0.4, -0.2) is 24.7 Å². The third-order valence-electron chi connectivity index (χ3n) is 2.73. The predicted octanol–water partition coefficient (Wildman–Crippen LogP) is 4.17. The summed E-state index contributed by atoms with van der Waals surface area (Å²) in [6.07, 6.45) is 1.56. The maximum atomic E-state index is 11.7. The van der Waals surface area contributed by atoms with E-state index in [-0.39, 0.29) is 29.0 Å². The van der Waals surface area contributed by atoms with Crippen LogP contribution >= 0.6 is 34.8 Å². The summed E-state index contributed by atoms with van der Waals surface area (Å²) in [7, 11) is 1.54. The van der Waals surface area contributed by atoms with Crippen molar-refractivity contribution in [2.75, 3.05) is 13.7 Å². The van der Waals surface area contributed by atoms with Crippen LogP contribution in [0.3, 0.4) is 0 Å². The van der Waals surface area contributed by atoms with Gasteiger partial charge in [0, 0.05) is 18.3 Å². The van der Waals surface area contributed by atoms with Crippen molar-refractivity contribution in [3.05, 3.63) is 51.2 Å². The minimum Gasteiger partial charge on any atom is -0.497 e. The van der Waals surface area contributed by atoms with E-state index in [1.165, 1.54) is 12.1 Å². The van der Waals surface area contributed by atoms with E-state index >= 15 is 0 Å². The molecular weight excluding hydrogens is 365 g/mol. The number of hydrogen-bond donors (Lipinski definition) is 0. The molecule has 0 aliphatic carbocycles. The molecule has 0 saturated carbocycles. The zero-order valence-corrected chi connectivity index (χ0v) is 14.3. The van der Waals surface area contributed by atoms with Crippen LogP contribution in [0.1, 0.15) is 5.69 Å². The maximum Gasteiger partial charge on any atom is 0.344 e. The van der Waals surface area contributed by atoms with Crippen molar-refractivity contribution in [2.24, 2.45) is 0 Å². The number of methoxy groups -OCH3 is 1. The van der Waals surface area contributed by atoms with Crippen molar-refractivity contribution in [3.63, 3.8) is 0 Å². The van der Waals surface area contributed by atoms with Crippen molar-refractivity contribution >= 4 is 40.8 Å². The van der Waals surface area contributed by atoms with Gasteiger partial charge in [-0.2, -0.15) is 0 Å². The fourth-order valence-electron chi connectivity index (χ4n) is 1.61. The van der Waals surface area contributed by atoms with Crippen molar-refractivity contribution in [1.29, 1.82) is 0 Å². The summed E-state index contributed by atoms with van der Waals surface area (Å²) in [5, 5.41) is 0.831. The lowest BCUT2D eigenvalue weighted by Crippen LogP contribution is -2.15. The number of carbonyl (C=O) groups is 1. The van der Waals surface area contributed by atoms with Gasteiger partial charge in [-0.3, -0.25) is 4.98 Å². The summed E-state index contributed by atoms with van der Waals surface area (Å²) >= 11 is 17.6. The molecule has 0 N–H and O–H groups in total. The molecule has 2 rings (SSSR count). The molecule has 0 aliphatic heterocycles. The summed E-state index contributed by atoms with van der Waals surface area (Å²) in [5.41, 5.74) is 0.560. The Hall–Kier alpha value is -1.69. The van der Waals surface area contributed by atoms with Crippen LogP contribution < -0.4 is 9.47 Å². The molecule has 0 unspecified atom stereocenters. The van der Waals surface area contributed by atoms with Gasteiger partial charge in [-0.15, -0.1) is 0 Å². The largest absolute Gasteiger partial charge is 0.497 e. The second kappa shape index (κ2) is 8.24. The average Bonchev–Trinajstić information content (AvgIpc) is 2.55. The van der Waals surface area contributed by atoms with Crippen LogP contribution in [-0.2, 0) is 16.1 Å². The van der Waals surface area contributed by atoms with Crippen LogP contribution in [0.5, 0.6) is 11.5 Å². The number of nitrogens with zero attached hydrogens (tertiary/aromatic N) is 1. The Bertz CT molecular complexity index is 709. The first-order chi connectivity index (χ1) is 11.0. The van der Waals surface area contributed by atoms with Gasteiger partial charge in [-0.05, 0) is 12.1 Å². The van der Waals surface area contributed by atoms with Crippen LogP contribution in [0.15, 0.2) is 30.5 Å². The van der Waals surface area contributed by atoms with E-state index in [1.807, 2.05) is 0 Å². The van der Waals surface area contributed by atoms with Gasteiger partial charge in [-0.25, -0.2) is 4.79 Å². The number of benzene rings is 1. The third kappa shape index (κ3) is 5.16. The van der Waals surface area contributed by atoms with Crippen LogP contribution in [0, 0.1) is 0 Å². The van der Waals surface area contributed by atoms with Crippen LogP contribution in [0.2, 0.25) is 15.1 Å². The molecule has 122 valence electrons. The highest BCUT2D eigenvalue weighted by molar-refractivity contribution is 6.43. The van der Waals surface area contributed by atoms with Gasteiger partial charge in [0.1, 0.15) is 18.1 Å². The molecule has 1 aromatic heterocycles. The summed E-state index contributed by atoms with van der Waals surface area (Å²) < 4.78 is 15.4. The van der Waals surface area contributed by atoms with Gasteiger partial charge >= 0.3 is 5.97 Å². The maximum absolute atomic E-state index is 11.7. The predicted molar refractivity (Wildman–Crippen MR) is 87.6 cm³/mol. The molecular formula is C15H12Cl3NO4. The van der Waals surface area contributed by atoms with E-state index in [0.717, 1.165) is 0 Å². The van der Waals surface area contributed by atoms with Crippen LogP contribution in [0.4, 0.5) is 0 Å². The number of esters is 1. The molecule has 2 aromatic rings. The standard InChI is InChI=1S/C15H12Cl3NO4/c1-21-10-2-3-19-9(4-10)7-23-15(20)8-22-14-6-12(17)11(16)5-13(14)18/h2-6H,7-8H2,1H3. The fourth-order valence-corrected chi connectivity index (χ4v) is 2.20. The number of hydrogen-bond acceptors (Lipinski definition) is 5. The zero-order chi connectivity index (χ0) is 16.8. The Kier molecular flexibility index (Phi) is 6.33. The van der Waals surface area contributed by atoms with E-state index < -0.39 is 5.97 Å². The van der Waals surface area contributed by atoms with Gasteiger partial charge in [0.15, 0.2) is 6.61 Å². The summed E-state index contributed by atoms with van der Waals surface area (Å²) in [6, 6.07) is 6.24. The average molecular weight is 377 g/mol. The smallest absolute Gasteiger partial charge is 0.344 e. The van der Waals surface area contributed by atoms with Crippen molar-refractivity contribution in [3.8, 4) is 11.5 Å². The first-order valence-electron chi connectivity index (χ1n) is 6.41. The summed E-state index contributed by atoms with van der Waals surface area (Å²) in [4.78, 5) is 15.8. The Morgan fingerprint density at radius 1 is 1.13 bits per heavy atom. The Morgan fingerprint density at radius 3 is 2.61 bits per heavy atom. The number of pyridine rings is 1. The number of rotatable bonds is 6. The first kappa shape index (κ1) is 17.7. The van der Waals surface area contributed by atoms with Gasteiger partial charge < -0.3 is 14.2 Å². The van der Waals surface area contributed by atoms with Crippen LogP contribution in [0.25, 0.3) is 0 Å². The molecule has 0 amide bonds. The molecule has 0 radical (unpaired) electrons. The lowest BCUT2D eigenvalue weighted by atomic mass is 10.3. The SMILES string of the molecule is COc1ccnc(COC(=O)COc2cc(Cl)c(Cl)cc2Cl)c1. The molecule has 0 bridgehead atoms. The highest BCUT2D eigenvalue weighted by Gasteiger charge is 2.11. The Labute approximate surface area is 148 Å². The lowest BCUT2D eigenvalue weighted by Gasteiger charge is -2.09. The van der Waals surface area contributed by atoms with E-state index in [2.05, 4.69) is 4.98 Å². The van der Waals surface area contributed by atoms with E-state index in [0.29, 0.717) is 16.5 Å². The van der Waals surface area contributed by atoms with Crippen molar-refractivity contribution in [2.45, 2.75) is 6.61 Å². The van der Waals surface area contributed by atoms with Gasteiger partial charge in [0.05, 0.1) is 27.9 Å². The molecule has 0 spiro atoms. The lowest BCUT2D eigenvalue weighted by molar-refractivity contribution is -0.147. The molecule has 23 heavy (non-hydrogen) atoms. The van der Waals surface area contributed by atoms with Gasteiger partial charge in [0.2, 0.25) is 0 Å². The number of halogens is 3. The second-order valence-corrected chi connectivity index (χ2v) is 5.55. The molecule has 0 fully saturated rings. The zero-order valence-electron chi connectivity index (χ0n) is 12.0. The van der Waals surface area contributed by atoms with E-state index in [1.54, 1.807) is 25.4 Å². The molecule has 0 atom stereocenters. The number of carbonyl (C=O) groups excluding carboxylic acids is 1. The number of aromatic nitrogens is 1. The van der Waals surface area contributed by atoms with E-state index in [4.69, 9.17) is 49.0 Å². The quantitative estimate of drug-likeness (QED) is 0.559. The van der Waals surface area contributed by atoms with Gasteiger partial charge in [-0.1, -0.05) is 34.8 Å². The Morgan fingerprint density at radius 2 is 1.87 bits per heavy atom. The topological polar surface area (TPSA) is 57.7 Å². The minimum atomic E-state index is -0.572. The molecule has 5 nitrogen and oxygen atoms in total. The first-order valence-corrected chi connectivity index (χ1v) is 7.55. The highest BCUT2D eigenvalue weighted by Crippen LogP contribution is 2.33. The van der Waals surface area contributed by atoms with E-state index in [9.17, 15) is 4.79 Å². The number of ether oxygens (including phenoxy) is 3. The second-order valence-electron chi connectivity index (χ2n) is 4.33. The normalized spacial score (nSPS) is 10.3. The third-order valence-corrected chi connectivity index (χ3v) is 3.74. The van der Waals surface area contributed by atoms with Crippen molar-refractivity contribution in [1.82, 2.24) is 4.98 Å². The molecule has 0 aliphatic rings. The monoisotopic (exact) mass is 375 g/mol. The molecule has 8 heteroatoms. The van der Waals surface area contributed by atoms with Crippen molar-refractivity contribution < 1.29 is 19.0 Å². The summed E-state index contributed by atoms with van der Waals surface area (Å²) in [5.74, 6) is 0.305. The molecule has 0 saturated heterocycles. The highest BCUT2D eigenvalue weighted by atomic mass is 35.5. The minimum absolute atomic E-state index is 0.00843. The fraction of sp³-hybridized carbons (Fsp3) is 0.200. The van der Waals surface area contributed by atoms with Gasteiger partial charge in [0.25, 0.3) is 0 Å². The summed E-state index contributed by atoms with van der Waals surface area (Å²) in [6.45, 7) is -0.309. The molecule has 1 heterocycles. The molecule has 1 aromatic carbocycles. The Balaban J connectivity index is 1.87.